The third-order valence-corrected chi connectivity index (χ3v) is 7.10. The molecule has 1 aromatic carbocycles. The Kier molecular flexibility index (Phi) is 7.42. The second kappa shape index (κ2) is 8.89. The summed E-state index contributed by atoms with van der Waals surface area (Å²) < 4.78 is 0. The molecule has 1 aromatic rings. The fourth-order valence-corrected chi connectivity index (χ4v) is 5.09. The second-order valence-corrected chi connectivity index (χ2v) is 8.88. The maximum Gasteiger partial charge on any atom is 0.107 e. The first-order chi connectivity index (χ1) is 11.4. The molecule has 0 amide bonds. The van der Waals surface area contributed by atoms with Crippen LogP contribution in [-0.2, 0) is 6.61 Å². The van der Waals surface area contributed by atoms with Crippen LogP contribution in [0.3, 0.4) is 0 Å². The first-order valence-corrected chi connectivity index (χ1v) is 10.2. The zero-order valence-electron chi connectivity index (χ0n) is 13.9. The molecule has 0 heterocycles. The van der Waals surface area contributed by atoms with Gasteiger partial charge in [-0.05, 0) is 30.4 Å². The fourth-order valence-electron chi connectivity index (χ4n) is 3.16. The van der Waals surface area contributed by atoms with Gasteiger partial charge in [0.15, 0.2) is 0 Å². The summed E-state index contributed by atoms with van der Waals surface area (Å²) >= 11 is 3.10. The molecule has 1 aliphatic rings. The number of nitrogens with two attached hydrogens (primary N) is 1. The van der Waals surface area contributed by atoms with Gasteiger partial charge in [-0.1, -0.05) is 19.1 Å². The molecular formula is C17H27NO4S2. The number of hydrogen-bond acceptors (Lipinski definition) is 7. The number of rotatable bonds is 6. The molecule has 0 saturated heterocycles. The van der Waals surface area contributed by atoms with E-state index >= 15 is 0 Å². The topological polar surface area (TPSA) is 107 Å². The third-order valence-electron chi connectivity index (χ3n) is 4.79. The molecule has 2 rings (SSSR count). The lowest BCUT2D eigenvalue weighted by molar-refractivity contribution is -0.111. The van der Waals surface area contributed by atoms with Crippen LogP contribution in [0.2, 0.25) is 0 Å². The lowest BCUT2D eigenvalue weighted by atomic mass is 9.77. The highest BCUT2D eigenvalue weighted by atomic mass is 32.2. The van der Waals surface area contributed by atoms with E-state index in [1.807, 2.05) is 37.4 Å². The summed E-state index contributed by atoms with van der Waals surface area (Å²) in [4.78, 5) is 1.04. The van der Waals surface area contributed by atoms with Crippen LogP contribution < -0.4 is 5.73 Å². The normalized spacial score (nSPS) is 33.2. The van der Waals surface area contributed by atoms with E-state index in [-0.39, 0.29) is 29.1 Å². The summed E-state index contributed by atoms with van der Waals surface area (Å²) in [6, 6.07) is 7.33. The van der Waals surface area contributed by atoms with E-state index in [4.69, 9.17) is 10.8 Å². The van der Waals surface area contributed by atoms with Crippen molar-refractivity contribution in [2.45, 2.75) is 59.7 Å². The van der Waals surface area contributed by atoms with E-state index in [0.717, 1.165) is 10.5 Å². The van der Waals surface area contributed by atoms with Crippen LogP contribution in [0.25, 0.3) is 0 Å². The Morgan fingerprint density at radius 3 is 2.29 bits per heavy atom. The van der Waals surface area contributed by atoms with Gasteiger partial charge < -0.3 is 26.2 Å². The summed E-state index contributed by atoms with van der Waals surface area (Å²) in [7, 11) is 0. The molecule has 0 spiro atoms. The summed E-state index contributed by atoms with van der Waals surface area (Å²) in [6.07, 6.45) is -0.628. The minimum atomic E-state index is -1.16. The molecule has 1 fully saturated rings. The first-order valence-electron chi connectivity index (χ1n) is 8.08. The van der Waals surface area contributed by atoms with Gasteiger partial charge in [-0.2, -0.15) is 11.8 Å². The molecule has 2 unspecified atom stereocenters. The van der Waals surface area contributed by atoms with Crippen LogP contribution in [0, 0.1) is 5.92 Å². The van der Waals surface area contributed by atoms with Gasteiger partial charge in [0.1, 0.15) is 6.10 Å². The highest BCUT2D eigenvalue weighted by Gasteiger charge is 2.45. The lowest BCUT2D eigenvalue weighted by Crippen LogP contribution is -2.58. The number of aliphatic hydroxyl groups excluding tert-OH is 4. The summed E-state index contributed by atoms with van der Waals surface area (Å²) in [6.45, 7) is 2.03. The Morgan fingerprint density at radius 1 is 1.12 bits per heavy atom. The Labute approximate surface area is 151 Å². The van der Waals surface area contributed by atoms with Crippen molar-refractivity contribution < 1.29 is 20.4 Å². The minimum Gasteiger partial charge on any atom is -0.392 e. The van der Waals surface area contributed by atoms with E-state index in [1.54, 1.807) is 11.8 Å². The second-order valence-electron chi connectivity index (χ2n) is 6.35. The standard InChI is InChI=1S/C17H27NO4S2/c1-9(24-11-5-3-10(8-19)4-6-11)14(18)12-7-13(23-2)16(21)17(22)15(12)20/h3-6,9,12-17,19-22H,7-8,18H2,1-2H3/t9-,12+,13?,14+,15?,16-,17+/m0/s1. The van der Waals surface area contributed by atoms with Crippen LogP contribution in [0.15, 0.2) is 29.2 Å². The quantitative estimate of drug-likeness (QED) is 0.470. The highest BCUT2D eigenvalue weighted by molar-refractivity contribution is 8.00. The monoisotopic (exact) mass is 373 g/mol. The predicted octanol–water partition coefficient (Wildman–Crippen LogP) is 0.821. The van der Waals surface area contributed by atoms with Crippen LogP contribution >= 0.6 is 23.5 Å². The van der Waals surface area contributed by atoms with Crippen LogP contribution in [0.4, 0.5) is 0 Å². The summed E-state index contributed by atoms with van der Waals surface area (Å²) in [5.41, 5.74) is 7.25. The van der Waals surface area contributed by atoms with E-state index in [2.05, 4.69) is 0 Å². The van der Waals surface area contributed by atoms with Gasteiger partial charge in [0, 0.05) is 27.4 Å². The molecule has 5 nitrogen and oxygen atoms in total. The van der Waals surface area contributed by atoms with Crippen molar-refractivity contribution in [2.75, 3.05) is 6.26 Å². The predicted molar refractivity (Wildman–Crippen MR) is 99.1 cm³/mol. The summed E-state index contributed by atoms with van der Waals surface area (Å²) in [5.74, 6) is -0.264. The van der Waals surface area contributed by atoms with Gasteiger partial charge in [-0.3, -0.25) is 0 Å². The smallest absolute Gasteiger partial charge is 0.107 e. The SMILES string of the molecule is CSC1C[C@H]([C@H](N)[C@H](C)Sc2ccc(CO)cc2)C(O)[C@@H](O)[C@H]1O. The number of hydrogen-bond donors (Lipinski definition) is 5. The van der Waals surface area contributed by atoms with Gasteiger partial charge in [0.05, 0.1) is 18.8 Å². The Hall–Kier alpha value is -0.280. The van der Waals surface area contributed by atoms with Crippen molar-refractivity contribution in [3.63, 3.8) is 0 Å². The van der Waals surface area contributed by atoms with E-state index in [9.17, 15) is 15.3 Å². The van der Waals surface area contributed by atoms with E-state index in [0.29, 0.717) is 6.42 Å². The Morgan fingerprint density at radius 2 is 1.75 bits per heavy atom. The molecule has 7 atom stereocenters. The largest absolute Gasteiger partial charge is 0.392 e. The number of aliphatic hydroxyl groups is 4. The zero-order valence-corrected chi connectivity index (χ0v) is 15.6. The van der Waals surface area contributed by atoms with Crippen molar-refractivity contribution in [1.82, 2.24) is 0 Å². The molecule has 1 saturated carbocycles. The number of benzene rings is 1. The molecule has 0 radical (unpaired) electrons. The van der Waals surface area contributed by atoms with E-state index < -0.39 is 18.3 Å². The van der Waals surface area contributed by atoms with Crippen molar-refractivity contribution in [1.29, 1.82) is 0 Å². The van der Waals surface area contributed by atoms with Gasteiger partial charge in [-0.25, -0.2) is 0 Å². The van der Waals surface area contributed by atoms with Crippen LogP contribution in [0.1, 0.15) is 18.9 Å². The van der Waals surface area contributed by atoms with Crippen LogP contribution in [-0.4, -0.2) is 61.5 Å². The van der Waals surface area contributed by atoms with Gasteiger partial charge >= 0.3 is 0 Å². The average Bonchev–Trinajstić information content (AvgIpc) is 2.60. The Bertz CT molecular complexity index is 514. The van der Waals surface area contributed by atoms with Crippen molar-refractivity contribution in [3.05, 3.63) is 29.8 Å². The highest BCUT2D eigenvalue weighted by Crippen LogP contribution is 2.37. The van der Waals surface area contributed by atoms with Crippen molar-refractivity contribution >= 4 is 23.5 Å². The van der Waals surface area contributed by atoms with Crippen molar-refractivity contribution in [2.24, 2.45) is 11.7 Å². The Balaban J connectivity index is 2.03. The maximum absolute atomic E-state index is 10.3. The van der Waals surface area contributed by atoms with Crippen molar-refractivity contribution in [3.8, 4) is 0 Å². The molecule has 0 bridgehead atoms. The van der Waals surface area contributed by atoms with E-state index in [1.165, 1.54) is 11.8 Å². The molecule has 136 valence electrons. The first kappa shape index (κ1) is 20.0. The number of thioether (sulfide) groups is 2. The molecular weight excluding hydrogens is 346 g/mol. The zero-order chi connectivity index (χ0) is 17.9. The average molecular weight is 374 g/mol. The summed E-state index contributed by atoms with van der Waals surface area (Å²) in [5, 5.41) is 39.5. The fraction of sp³-hybridized carbons (Fsp3) is 0.647. The molecule has 0 aliphatic heterocycles. The third kappa shape index (κ3) is 4.46. The van der Waals surface area contributed by atoms with Gasteiger partial charge in [0.25, 0.3) is 0 Å². The van der Waals surface area contributed by atoms with Crippen LogP contribution in [0.5, 0.6) is 0 Å². The molecule has 0 aromatic heterocycles. The molecule has 1 aliphatic carbocycles. The lowest BCUT2D eigenvalue weighted by Gasteiger charge is -2.43. The van der Waals surface area contributed by atoms with Gasteiger partial charge in [0.2, 0.25) is 0 Å². The van der Waals surface area contributed by atoms with Gasteiger partial charge in [-0.15, -0.1) is 11.8 Å². The molecule has 7 heteroatoms. The maximum atomic E-state index is 10.3. The molecule has 6 N–H and O–H groups in total. The molecule has 24 heavy (non-hydrogen) atoms. The minimum absolute atomic E-state index is 0.0184.